The van der Waals surface area contributed by atoms with Crippen molar-refractivity contribution in [3.05, 3.63) is 71.3 Å². The highest BCUT2D eigenvalue weighted by Gasteiger charge is 2.29. The number of para-hydroxylation sites is 1. The summed E-state index contributed by atoms with van der Waals surface area (Å²) in [5, 5.41) is 10.6. The second kappa shape index (κ2) is 8.10. The van der Waals surface area contributed by atoms with E-state index in [0.717, 1.165) is 5.56 Å². The van der Waals surface area contributed by atoms with Crippen LogP contribution in [0.3, 0.4) is 0 Å². The lowest BCUT2D eigenvalue weighted by Gasteiger charge is -2.29. The van der Waals surface area contributed by atoms with E-state index in [-0.39, 0.29) is 23.7 Å². The summed E-state index contributed by atoms with van der Waals surface area (Å²) in [6.07, 6.45) is 0. The first-order valence-corrected chi connectivity index (χ1v) is 10.7. The molecular formula is C22H23FN4O2S. The summed E-state index contributed by atoms with van der Waals surface area (Å²) in [6.45, 7) is 6.89. The Balaban J connectivity index is 1.57. The predicted octanol–water partition coefficient (Wildman–Crippen LogP) is 4.06. The highest BCUT2D eigenvalue weighted by molar-refractivity contribution is 7.99. The summed E-state index contributed by atoms with van der Waals surface area (Å²) >= 11 is 1.33. The molecule has 0 saturated carbocycles. The first-order valence-electron chi connectivity index (χ1n) is 9.67. The maximum atomic E-state index is 13.9. The van der Waals surface area contributed by atoms with Crippen molar-refractivity contribution in [2.24, 2.45) is 0 Å². The van der Waals surface area contributed by atoms with Gasteiger partial charge in [0, 0.05) is 0 Å². The summed E-state index contributed by atoms with van der Waals surface area (Å²) < 4.78 is 21.1. The largest absolute Gasteiger partial charge is 0.482 e. The van der Waals surface area contributed by atoms with Crippen molar-refractivity contribution >= 4 is 17.7 Å². The molecule has 0 saturated heterocycles. The summed E-state index contributed by atoms with van der Waals surface area (Å²) in [5.41, 5.74) is 2.30. The Hall–Kier alpha value is -2.87. The average molecular weight is 427 g/mol. The third-order valence-corrected chi connectivity index (χ3v) is 5.78. The van der Waals surface area contributed by atoms with Crippen LogP contribution in [-0.2, 0) is 23.4 Å². The van der Waals surface area contributed by atoms with Crippen molar-refractivity contribution in [3.8, 4) is 5.75 Å². The van der Waals surface area contributed by atoms with Gasteiger partial charge in [-0.25, -0.2) is 14.1 Å². The van der Waals surface area contributed by atoms with E-state index in [1.54, 1.807) is 27.9 Å². The third kappa shape index (κ3) is 4.18. The Bertz CT molecular complexity index is 1060. The van der Waals surface area contributed by atoms with Gasteiger partial charge in [-0.15, -0.1) is 10.2 Å². The van der Waals surface area contributed by atoms with E-state index in [1.165, 1.54) is 23.4 Å². The molecule has 6 nitrogen and oxygen atoms in total. The highest BCUT2D eigenvalue weighted by Crippen LogP contribution is 2.27. The monoisotopic (exact) mass is 426 g/mol. The molecule has 0 N–H and O–H groups in total. The molecule has 0 bridgehead atoms. The van der Waals surface area contributed by atoms with Crippen LogP contribution < -0.4 is 9.75 Å². The number of amides is 1. The van der Waals surface area contributed by atoms with Crippen molar-refractivity contribution in [2.75, 3.05) is 10.8 Å². The van der Waals surface area contributed by atoms with Crippen LogP contribution in [0.15, 0.2) is 53.7 Å². The van der Waals surface area contributed by atoms with E-state index in [9.17, 15) is 9.18 Å². The molecule has 0 aliphatic carbocycles. The second-order valence-corrected chi connectivity index (χ2v) is 9.06. The molecule has 1 aliphatic rings. The van der Waals surface area contributed by atoms with Gasteiger partial charge in [0.05, 0.1) is 12.3 Å². The zero-order valence-electron chi connectivity index (χ0n) is 17.1. The second-order valence-electron chi connectivity index (χ2n) is 8.12. The molecule has 8 heteroatoms. The SMILES string of the molecule is CC(C)(C)c1ccc(CN2C(=O)CSc3nnc(COc4ccccc4F)n32)cc1. The van der Waals surface area contributed by atoms with E-state index in [4.69, 9.17) is 4.74 Å². The number of halogens is 1. The molecule has 0 atom stereocenters. The van der Waals surface area contributed by atoms with Gasteiger partial charge in [0.25, 0.3) is 5.91 Å². The average Bonchev–Trinajstić information content (AvgIpc) is 3.12. The number of carbonyl (C=O) groups is 1. The van der Waals surface area contributed by atoms with Gasteiger partial charge in [-0.3, -0.25) is 4.79 Å². The molecule has 4 rings (SSSR count). The fraction of sp³-hybridized carbons (Fsp3) is 0.318. The number of nitrogens with zero attached hydrogens (tertiary/aromatic N) is 4. The lowest BCUT2D eigenvalue weighted by atomic mass is 9.87. The van der Waals surface area contributed by atoms with Gasteiger partial charge in [-0.1, -0.05) is 68.9 Å². The zero-order chi connectivity index (χ0) is 21.3. The van der Waals surface area contributed by atoms with Crippen LogP contribution in [0, 0.1) is 5.82 Å². The van der Waals surface area contributed by atoms with Gasteiger partial charge in [0.2, 0.25) is 5.16 Å². The van der Waals surface area contributed by atoms with Gasteiger partial charge < -0.3 is 4.74 Å². The number of carbonyl (C=O) groups excluding carboxylic acids is 1. The summed E-state index contributed by atoms with van der Waals surface area (Å²) in [5.74, 6) is 0.386. The molecule has 2 heterocycles. The molecule has 3 aromatic rings. The quantitative estimate of drug-likeness (QED) is 0.616. The molecule has 2 aromatic carbocycles. The number of aromatic nitrogens is 3. The first-order chi connectivity index (χ1) is 14.3. The standard InChI is InChI=1S/C22H23FN4O2S/c1-22(2,3)16-10-8-15(9-11-16)12-26-20(28)14-30-21-25-24-19(27(21)26)13-29-18-7-5-4-6-17(18)23/h4-11H,12-14H2,1-3H3. The number of rotatable bonds is 5. The predicted molar refractivity (Wildman–Crippen MR) is 114 cm³/mol. The fourth-order valence-electron chi connectivity index (χ4n) is 3.18. The van der Waals surface area contributed by atoms with Gasteiger partial charge in [-0.05, 0) is 28.7 Å². The number of thioether (sulfide) groups is 1. The Morgan fingerprint density at radius 1 is 1.10 bits per heavy atom. The molecule has 0 radical (unpaired) electrons. The van der Waals surface area contributed by atoms with Gasteiger partial charge in [0.1, 0.15) is 6.61 Å². The van der Waals surface area contributed by atoms with E-state index < -0.39 is 5.82 Å². The molecule has 1 aliphatic heterocycles. The normalized spacial score (nSPS) is 14.0. The molecular weight excluding hydrogens is 403 g/mol. The van der Waals surface area contributed by atoms with E-state index >= 15 is 0 Å². The van der Waals surface area contributed by atoms with Crippen molar-refractivity contribution in [2.45, 2.75) is 44.5 Å². The number of benzene rings is 2. The van der Waals surface area contributed by atoms with Gasteiger partial charge in [-0.2, -0.15) is 0 Å². The van der Waals surface area contributed by atoms with Crippen LogP contribution in [0.4, 0.5) is 4.39 Å². The smallest absolute Gasteiger partial charge is 0.252 e. The molecule has 0 unspecified atom stereocenters. The highest BCUT2D eigenvalue weighted by atomic mass is 32.2. The van der Waals surface area contributed by atoms with Crippen LogP contribution in [0.2, 0.25) is 0 Å². The van der Waals surface area contributed by atoms with Gasteiger partial charge >= 0.3 is 0 Å². The van der Waals surface area contributed by atoms with Crippen molar-refractivity contribution in [1.29, 1.82) is 0 Å². The Morgan fingerprint density at radius 3 is 2.53 bits per heavy atom. The fourth-order valence-corrected chi connectivity index (χ4v) is 4.00. The molecule has 30 heavy (non-hydrogen) atoms. The number of hydrogen-bond acceptors (Lipinski definition) is 5. The van der Waals surface area contributed by atoms with Crippen LogP contribution >= 0.6 is 11.8 Å². The Morgan fingerprint density at radius 2 is 1.83 bits per heavy atom. The van der Waals surface area contributed by atoms with Crippen molar-refractivity contribution < 1.29 is 13.9 Å². The minimum atomic E-state index is -0.447. The molecule has 156 valence electrons. The van der Waals surface area contributed by atoms with E-state index in [1.807, 2.05) is 12.1 Å². The van der Waals surface area contributed by atoms with Crippen molar-refractivity contribution in [3.63, 3.8) is 0 Å². The lowest BCUT2D eigenvalue weighted by Crippen LogP contribution is -2.45. The maximum Gasteiger partial charge on any atom is 0.252 e. The topological polar surface area (TPSA) is 60.3 Å². The summed E-state index contributed by atoms with van der Waals surface area (Å²) in [4.78, 5) is 12.7. The lowest BCUT2D eigenvalue weighted by molar-refractivity contribution is -0.118. The van der Waals surface area contributed by atoms with Crippen LogP contribution in [0.5, 0.6) is 5.75 Å². The summed E-state index contributed by atoms with van der Waals surface area (Å²) in [7, 11) is 0. The van der Waals surface area contributed by atoms with Crippen LogP contribution in [0.1, 0.15) is 37.7 Å². The molecule has 0 fully saturated rings. The van der Waals surface area contributed by atoms with E-state index in [0.29, 0.717) is 23.3 Å². The third-order valence-electron chi connectivity index (χ3n) is 4.88. The van der Waals surface area contributed by atoms with Crippen molar-refractivity contribution in [1.82, 2.24) is 14.9 Å². The maximum absolute atomic E-state index is 13.9. The van der Waals surface area contributed by atoms with E-state index in [2.05, 4.69) is 43.1 Å². The number of fused-ring (bicyclic) bond motifs is 1. The summed E-state index contributed by atoms with van der Waals surface area (Å²) in [6, 6.07) is 14.4. The molecule has 1 aromatic heterocycles. The molecule has 0 spiro atoms. The van der Waals surface area contributed by atoms with Gasteiger partial charge in [0.15, 0.2) is 17.4 Å². The Labute approximate surface area is 179 Å². The minimum absolute atomic E-state index is 0.00123. The number of hydrogen-bond donors (Lipinski definition) is 0. The Kier molecular flexibility index (Phi) is 5.51. The van der Waals surface area contributed by atoms with Crippen LogP contribution in [-0.4, -0.2) is 26.5 Å². The zero-order valence-corrected chi connectivity index (χ0v) is 17.9. The minimum Gasteiger partial charge on any atom is -0.482 e. The molecule has 1 amide bonds. The number of ether oxygens (including phenoxy) is 1. The first kappa shape index (κ1) is 20.4. The van der Waals surface area contributed by atoms with Crippen LogP contribution in [0.25, 0.3) is 0 Å².